The van der Waals surface area contributed by atoms with Gasteiger partial charge in [0.1, 0.15) is 6.04 Å². The zero-order valence-corrected chi connectivity index (χ0v) is 11.0. The fourth-order valence-corrected chi connectivity index (χ4v) is 2.60. The highest BCUT2D eigenvalue weighted by Crippen LogP contribution is 2.16. The molecule has 0 saturated carbocycles. The fraction of sp³-hybridized carbons (Fsp3) is 0.846. The summed E-state index contributed by atoms with van der Waals surface area (Å²) in [7, 11) is 0. The van der Waals surface area contributed by atoms with E-state index in [2.05, 4.69) is 5.32 Å². The molecule has 2 amide bonds. The molecule has 2 atom stereocenters. The van der Waals surface area contributed by atoms with Gasteiger partial charge >= 0.3 is 0 Å². The molecule has 5 heteroatoms. The first-order chi connectivity index (χ1) is 8.70. The van der Waals surface area contributed by atoms with E-state index in [1.807, 2.05) is 6.92 Å². The molecule has 2 aliphatic heterocycles. The quantitative estimate of drug-likeness (QED) is 0.802. The number of carbonyl (C=O) groups excluding carboxylic acids is 2. The minimum absolute atomic E-state index is 0.0170. The highest BCUT2D eigenvalue weighted by atomic mass is 16.5. The molecule has 0 aromatic carbocycles. The average molecular weight is 254 g/mol. The van der Waals surface area contributed by atoms with Crippen LogP contribution in [0.25, 0.3) is 0 Å². The molecule has 0 radical (unpaired) electrons. The van der Waals surface area contributed by atoms with Gasteiger partial charge in [-0.1, -0.05) is 13.3 Å². The molecule has 18 heavy (non-hydrogen) atoms. The lowest BCUT2D eigenvalue weighted by molar-refractivity contribution is -0.135. The molecular weight excluding hydrogens is 232 g/mol. The lowest BCUT2D eigenvalue weighted by Crippen LogP contribution is -2.46. The molecule has 2 aliphatic rings. The molecule has 0 aromatic rings. The van der Waals surface area contributed by atoms with E-state index in [1.165, 1.54) is 0 Å². The van der Waals surface area contributed by atoms with Gasteiger partial charge in [0.2, 0.25) is 11.8 Å². The van der Waals surface area contributed by atoms with Crippen LogP contribution in [0.3, 0.4) is 0 Å². The van der Waals surface area contributed by atoms with Gasteiger partial charge in [-0.2, -0.15) is 0 Å². The number of nitrogens with one attached hydrogen (secondary N) is 1. The van der Waals surface area contributed by atoms with Gasteiger partial charge in [0.05, 0.1) is 6.10 Å². The molecule has 0 aromatic heterocycles. The Balaban J connectivity index is 1.98. The molecule has 5 nitrogen and oxygen atoms in total. The standard InChI is InChI=1S/C13H22N2O3/c1-2-4-11-13(17)15(7-6-12(16)14-11)9-10-5-3-8-18-10/h10-11H,2-9H2,1H3,(H,14,16). The van der Waals surface area contributed by atoms with E-state index in [9.17, 15) is 9.59 Å². The van der Waals surface area contributed by atoms with Crippen LogP contribution in [-0.4, -0.2) is 48.6 Å². The Morgan fingerprint density at radius 2 is 2.28 bits per heavy atom. The van der Waals surface area contributed by atoms with Crippen LogP contribution < -0.4 is 5.32 Å². The first-order valence-electron chi connectivity index (χ1n) is 6.90. The Kier molecular flexibility index (Phi) is 4.58. The van der Waals surface area contributed by atoms with E-state index >= 15 is 0 Å². The van der Waals surface area contributed by atoms with Crippen LogP contribution in [-0.2, 0) is 14.3 Å². The Hall–Kier alpha value is -1.10. The second-order valence-electron chi connectivity index (χ2n) is 5.08. The average Bonchev–Trinajstić information content (AvgIpc) is 2.81. The molecule has 2 heterocycles. The van der Waals surface area contributed by atoms with E-state index in [0.29, 0.717) is 25.9 Å². The van der Waals surface area contributed by atoms with Gasteiger partial charge in [0.15, 0.2) is 0 Å². The molecule has 1 N–H and O–H groups in total. The molecule has 0 aliphatic carbocycles. The highest BCUT2D eigenvalue weighted by Gasteiger charge is 2.31. The van der Waals surface area contributed by atoms with Crippen molar-refractivity contribution in [1.82, 2.24) is 10.2 Å². The minimum Gasteiger partial charge on any atom is -0.376 e. The lowest BCUT2D eigenvalue weighted by atomic mass is 10.1. The van der Waals surface area contributed by atoms with Crippen LogP contribution in [0.2, 0.25) is 0 Å². The molecule has 2 unspecified atom stereocenters. The number of ether oxygens (including phenoxy) is 1. The van der Waals surface area contributed by atoms with Gasteiger partial charge in [-0.15, -0.1) is 0 Å². The maximum atomic E-state index is 12.3. The van der Waals surface area contributed by atoms with Gasteiger partial charge < -0.3 is 15.0 Å². The number of amides is 2. The Labute approximate surface area is 108 Å². The van der Waals surface area contributed by atoms with Crippen LogP contribution >= 0.6 is 0 Å². The van der Waals surface area contributed by atoms with Crippen molar-refractivity contribution >= 4 is 11.8 Å². The van der Waals surface area contributed by atoms with Crippen LogP contribution in [0.5, 0.6) is 0 Å². The molecule has 2 saturated heterocycles. The second kappa shape index (κ2) is 6.18. The summed E-state index contributed by atoms with van der Waals surface area (Å²) in [5, 5.41) is 2.81. The second-order valence-corrected chi connectivity index (χ2v) is 5.08. The van der Waals surface area contributed by atoms with Gasteiger partial charge in [-0.05, 0) is 19.3 Å². The van der Waals surface area contributed by atoms with Crippen LogP contribution in [0.1, 0.15) is 39.0 Å². The SMILES string of the molecule is CCCC1NC(=O)CCN(CC2CCCO2)C1=O. The summed E-state index contributed by atoms with van der Waals surface area (Å²) in [6.45, 7) is 3.97. The summed E-state index contributed by atoms with van der Waals surface area (Å²) in [4.78, 5) is 25.7. The molecule has 2 rings (SSSR count). The summed E-state index contributed by atoms with van der Waals surface area (Å²) in [5.41, 5.74) is 0. The number of carbonyl (C=O) groups is 2. The number of nitrogens with zero attached hydrogens (tertiary/aromatic N) is 1. The molecule has 102 valence electrons. The lowest BCUT2D eigenvalue weighted by Gasteiger charge is -2.26. The van der Waals surface area contributed by atoms with Crippen molar-refractivity contribution in [3.8, 4) is 0 Å². The minimum atomic E-state index is -0.341. The first kappa shape index (κ1) is 13.3. The molecule has 0 spiro atoms. The van der Waals surface area contributed by atoms with E-state index < -0.39 is 0 Å². The van der Waals surface area contributed by atoms with Gasteiger partial charge in [0, 0.05) is 26.1 Å². The van der Waals surface area contributed by atoms with E-state index in [4.69, 9.17) is 4.74 Å². The van der Waals surface area contributed by atoms with Crippen LogP contribution in [0, 0.1) is 0 Å². The molecular formula is C13H22N2O3. The summed E-state index contributed by atoms with van der Waals surface area (Å²) >= 11 is 0. The molecule has 2 fully saturated rings. The van der Waals surface area contributed by atoms with Gasteiger partial charge in [0.25, 0.3) is 0 Å². The number of hydrogen-bond acceptors (Lipinski definition) is 3. The zero-order chi connectivity index (χ0) is 13.0. The largest absolute Gasteiger partial charge is 0.376 e. The van der Waals surface area contributed by atoms with Crippen molar-refractivity contribution in [1.29, 1.82) is 0 Å². The smallest absolute Gasteiger partial charge is 0.245 e. The van der Waals surface area contributed by atoms with E-state index in [1.54, 1.807) is 4.90 Å². The third-order valence-electron chi connectivity index (χ3n) is 3.58. The zero-order valence-electron chi connectivity index (χ0n) is 11.0. The Morgan fingerprint density at radius 3 is 2.94 bits per heavy atom. The summed E-state index contributed by atoms with van der Waals surface area (Å²) in [5.74, 6) is 0.0369. The van der Waals surface area contributed by atoms with Gasteiger partial charge in [-0.3, -0.25) is 9.59 Å². The number of rotatable bonds is 4. The predicted molar refractivity (Wildman–Crippen MR) is 67.0 cm³/mol. The summed E-state index contributed by atoms with van der Waals surface area (Å²) < 4.78 is 5.57. The van der Waals surface area contributed by atoms with Crippen molar-refractivity contribution in [2.75, 3.05) is 19.7 Å². The number of hydrogen-bond donors (Lipinski definition) is 1. The Bertz CT molecular complexity index is 313. The van der Waals surface area contributed by atoms with Crippen molar-refractivity contribution in [2.45, 2.75) is 51.2 Å². The third kappa shape index (κ3) is 3.22. The van der Waals surface area contributed by atoms with Crippen molar-refractivity contribution < 1.29 is 14.3 Å². The molecule has 0 bridgehead atoms. The van der Waals surface area contributed by atoms with Crippen LogP contribution in [0.15, 0.2) is 0 Å². The summed E-state index contributed by atoms with van der Waals surface area (Å²) in [6.07, 6.45) is 4.26. The highest BCUT2D eigenvalue weighted by molar-refractivity contribution is 5.89. The maximum Gasteiger partial charge on any atom is 0.245 e. The van der Waals surface area contributed by atoms with E-state index in [0.717, 1.165) is 25.9 Å². The van der Waals surface area contributed by atoms with Crippen LogP contribution in [0.4, 0.5) is 0 Å². The van der Waals surface area contributed by atoms with E-state index in [-0.39, 0.29) is 24.0 Å². The van der Waals surface area contributed by atoms with Crippen molar-refractivity contribution in [2.24, 2.45) is 0 Å². The topological polar surface area (TPSA) is 58.6 Å². The summed E-state index contributed by atoms with van der Waals surface area (Å²) in [6, 6.07) is -0.341. The Morgan fingerprint density at radius 1 is 1.44 bits per heavy atom. The van der Waals surface area contributed by atoms with Gasteiger partial charge in [-0.25, -0.2) is 0 Å². The first-order valence-corrected chi connectivity index (χ1v) is 6.90. The van der Waals surface area contributed by atoms with Crippen molar-refractivity contribution in [3.05, 3.63) is 0 Å². The third-order valence-corrected chi connectivity index (χ3v) is 3.58. The monoisotopic (exact) mass is 254 g/mol. The maximum absolute atomic E-state index is 12.3. The van der Waals surface area contributed by atoms with Crippen molar-refractivity contribution in [3.63, 3.8) is 0 Å². The fourth-order valence-electron chi connectivity index (χ4n) is 2.60. The predicted octanol–water partition coefficient (Wildman–Crippen LogP) is 0.683. The normalized spacial score (nSPS) is 29.3.